The maximum absolute atomic E-state index is 10.2. The number of ether oxygens (including phenoxy) is 1. The van der Waals surface area contributed by atoms with E-state index in [4.69, 9.17) is 15.2 Å². The molecule has 0 bridgehead atoms. The summed E-state index contributed by atoms with van der Waals surface area (Å²) in [6, 6.07) is 23.9. The van der Waals surface area contributed by atoms with Crippen molar-refractivity contribution in [3.05, 3.63) is 283 Å². The molecule has 0 amide bonds. The number of imidazole rings is 1. The topological polar surface area (TPSA) is 35.9 Å². The van der Waals surface area contributed by atoms with Crippen molar-refractivity contribution in [3.63, 3.8) is 0 Å². The van der Waals surface area contributed by atoms with Crippen LogP contribution in [0.25, 0.3) is 72.3 Å². The molecular formula is C82H76N4OPtSi-2. The maximum atomic E-state index is 10.2. The van der Waals surface area contributed by atoms with Crippen LogP contribution in [0.5, 0.6) is 11.5 Å². The number of nitrogens with zero attached hydrogens (tertiary/aromatic N) is 4. The van der Waals surface area contributed by atoms with Gasteiger partial charge in [0.2, 0.25) is 0 Å². The normalized spacial score (nSPS) is 15.6. The summed E-state index contributed by atoms with van der Waals surface area (Å²) in [5, 5.41) is -0.983. The fourth-order valence-electron chi connectivity index (χ4n) is 11.5. The summed E-state index contributed by atoms with van der Waals surface area (Å²) in [6.07, 6.45) is 5.33. The number of hydrogen-bond acceptors (Lipinski definition) is 2. The van der Waals surface area contributed by atoms with Gasteiger partial charge in [0.05, 0.1) is 44.1 Å². The van der Waals surface area contributed by atoms with Gasteiger partial charge in [0, 0.05) is 44.3 Å². The predicted molar refractivity (Wildman–Crippen MR) is 369 cm³/mol. The fourth-order valence-corrected chi connectivity index (χ4v) is 15.5. The Hall–Kier alpha value is -8.67. The molecule has 0 aliphatic heterocycles. The van der Waals surface area contributed by atoms with Gasteiger partial charge in [-0.3, -0.25) is 4.57 Å². The van der Waals surface area contributed by atoms with Crippen molar-refractivity contribution in [1.82, 2.24) is 14.1 Å². The molecule has 5 nitrogen and oxygen atoms in total. The standard InChI is InChI=1S/C82H76N4OSi.Pt/c1-79(2,3)59-44-45-83-77(52-59)86-72-39-26-25-38-69(72)70-42-41-65(54-74(70)86)87-64-31-27-30-63(53-64)84-55-85(73-43-40-57(48-75(73)84)58-46-60(80(4,5)6)49-61(47-58)81(7,8)9)78-71(56-28-17-13-18-29-56)50-62(82(10,11)12)51-76(78)88(66-32-19-14-20-33-66,67-34-21-15-22-35-67)68-36-23-16-24-37-68;/h13-52H,1-12H3;/q-2;/i13D,14D,15D,16D,17D,18D,19D,20D,21D,22D,23D,24D,28D,29D,32D,33D,34D,35D,36D,37D;. The smallest absolute Gasteiger partial charge is 0.268 e. The van der Waals surface area contributed by atoms with Gasteiger partial charge in [0.1, 0.15) is 5.82 Å². The third kappa shape index (κ3) is 11.4. The van der Waals surface area contributed by atoms with E-state index < -0.39 is 155 Å². The van der Waals surface area contributed by atoms with E-state index in [1.165, 1.54) is 10.6 Å². The van der Waals surface area contributed by atoms with E-state index in [0.717, 1.165) is 38.5 Å². The molecule has 10 aromatic carbocycles. The molecule has 7 heteroatoms. The number of rotatable bonds is 11. The van der Waals surface area contributed by atoms with E-state index in [1.807, 2.05) is 53.1 Å². The molecule has 0 aliphatic carbocycles. The molecular weight excluding hydrogens is 1280 g/mol. The fraction of sp³-hybridized carbons (Fsp3) is 0.195. The van der Waals surface area contributed by atoms with Gasteiger partial charge in [-0.25, -0.2) is 4.98 Å². The molecule has 0 radical (unpaired) electrons. The molecule has 0 saturated heterocycles. The Balaban J connectivity index is 0.0000111. The first-order valence-electron chi connectivity index (χ1n) is 39.2. The zero-order chi connectivity index (χ0) is 78.7. The number of fused-ring (bicyclic) bond motifs is 4. The Morgan fingerprint density at radius 2 is 1.03 bits per heavy atom. The van der Waals surface area contributed by atoms with Crippen molar-refractivity contribution in [2.45, 2.75) is 105 Å². The maximum Gasteiger partial charge on any atom is 0.268 e. The van der Waals surface area contributed by atoms with Gasteiger partial charge in [0.15, 0.2) is 8.07 Å². The Kier molecular flexibility index (Phi) is 10.7. The Morgan fingerprint density at radius 3 is 1.63 bits per heavy atom. The summed E-state index contributed by atoms with van der Waals surface area (Å²) in [6.45, 7) is 24.4. The summed E-state index contributed by atoms with van der Waals surface area (Å²) < 4.78 is 205. The zero-order valence-corrected chi connectivity index (χ0v) is 54.8. The molecule has 3 aromatic heterocycles. The average molecular weight is 1380 g/mol. The van der Waals surface area contributed by atoms with Crippen LogP contribution in [0.15, 0.2) is 242 Å². The van der Waals surface area contributed by atoms with E-state index in [-0.39, 0.29) is 76.3 Å². The van der Waals surface area contributed by atoms with Crippen LogP contribution in [0.4, 0.5) is 0 Å². The summed E-state index contributed by atoms with van der Waals surface area (Å²) in [4.78, 5) is 4.86. The summed E-state index contributed by atoms with van der Waals surface area (Å²) in [5.41, 5.74) is 3.95. The Labute approximate surface area is 569 Å². The van der Waals surface area contributed by atoms with Gasteiger partial charge in [-0.1, -0.05) is 270 Å². The molecule has 0 spiro atoms. The van der Waals surface area contributed by atoms with Crippen LogP contribution in [-0.2, 0) is 42.7 Å². The molecule has 89 heavy (non-hydrogen) atoms. The number of benzene rings is 10. The molecule has 0 unspecified atom stereocenters. The molecule has 0 fully saturated rings. The molecule has 0 atom stereocenters. The number of para-hydroxylation sites is 1. The van der Waals surface area contributed by atoms with Crippen LogP contribution in [0.3, 0.4) is 0 Å². The molecule has 0 N–H and O–H groups in total. The van der Waals surface area contributed by atoms with E-state index in [0.29, 0.717) is 28.2 Å². The van der Waals surface area contributed by atoms with Gasteiger partial charge in [-0.05, 0) is 122 Å². The van der Waals surface area contributed by atoms with Gasteiger partial charge in [0.25, 0.3) is 6.33 Å². The first-order valence-corrected chi connectivity index (χ1v) is 31.2. The Morgan fingerprint density at radius 1 is 0.472 bits per heavy atom. The quantitative estimate of drug-likeness (QED) is 0.0560. The number of pyridine rings is 1. The van der Waals surface area contributed by atoms with Gasteiger partial charge >= 0.3 is 0 Å². The third-order valence-electron chi connectivity index (χ3n) is 16.3. The molecule has 446 valence electrons. The van der Waals surface area contributed by atoms with Gasteiger partial charge in [-0.15, -0.1) is 29.7 Å². The number of aromatic nitrogens is 4. The SMILES string of the molecule is [2H]c1c([2H])c([2H])c(-c2cc(C(C)(C)C)cc([Si](c3c([2H])c([2H])c([2H])c([2H])c3[2H])(c3c([2H])c([2H])c([2H])c([2H])c3[2H])c3c([2H])c([2H])c([2H])c([2H])c3[2H])c2-[n+]2[c-]n(-c3[c-]c(Oc4[c-]c5c(cc4)c4ccccc4n5-c4cc(C(C)(C)C)ccn4)ccc3)c3cc(-c4cc(C(C)(C)C)cc(C(C)(C)C)c4)ccc32)c([2H])c1[2H].[Pt]. The molecule has 0 aliphatic rings. The minimum absolute atomic E-state index is 0. The third-order valence-corrected chi connectivity index (χ3v) is 20.5. The second kappa shape index (κ2) is 23.4. The van der Waals surface area contributed by atoms with Crippen molar-refractivity contribution in [1.29, 1.82) is 0 Å². The monoisotopic (exact) mass is 1380 g/mol. The van der Waals surface area contributed by atoms with Crippen molar-refractivity contribution in [3.8, 4) is 50.9 Å². The first kappa shape index (κ1) is 40.8. The molecule has 3 heterocycles. The predicted octanol–water partition coefficient (Wildman–Crippen LogP) is 17.5. The molecule has 0 saturated carbocycles. The van der Waals surface area contributed by atoms with E-state index in [2.05, 4.69) is 105 Å². The molecule has 13 rings (SSSR count). The van der Waals surface area contributed by atoms with Crippen LogP contribution >= 0.6 is 0 Å². The van der Waals surface area contributed by atoms with Gasteiger partial charge in [-0.2, -0.15) is 18.2 Å². The summed E-state index contributed by atoms with van der Waals surface area (Å²) >= 11 is 0. The Bertz CT molecular complexity index is 5690. The van der Waals surface area contributed by atoms with Crippen LogP contribution in [0, 0.1) is 18.5 Å². The first-order chi connectivity index (χ1) is 50.4. The second-order valence-electron chi connectivity index (χ2n) is 26.3. The van der Waals surface area contributed by atoms with Crippen molar-refractivity contribution in [2.75, 3.05) is 0 Å². The summed E-state index contributed by atoms with van der Waals surface area (Å²) in [7, 11) is -6.22. The van der Waals surface area contributed by atoms with Crippen LogP contribution in [0.2, 0.25) is 0 Å². The van der Waals surface area contributed by atoms with Gasteiger partial charge < -0.3 is 13.9 Å². The van der Waals surface area contributed by atoms with E-state index >= 15 is 0 Å². The van der Waals surface area contributed by atoms with E-state index in [9.17, 15) is 21.9 Å². The van der Waals surface area contributed by atoms with Crippen molar-refractivity contribution in [2.24, 2.45) is 0 Å². The van der Waals surface area contributed by atoms with Crippen LogP contribution in [-0.4, -0.2) is 22.2 Å². The molecule has 13 aromatic rings. The van der Waals surface area contributed by atoms with Crippen LogP contribution in [0.1, 0.15) is 133 Å². The largest absolute Gasteiger partial charge is 0.510 e. The zero-order valence-electron chi connectivity index (χ0n) is 71.6. The van der Waals surface area contributed by atoms with E-state index in [1.54, 1.807) is 67.9 Å². The number of hydrogen-bond donors (Lipinski definition) is 0. The minimum atomic E-state index is -6.22. The summed E-state index contributed by atoms with van der Waals surface area (Å²) in [5.74, 6) is 1.13. The van der Waals surface area contributed by atoms with Crippen molar-refractivity contribution >= 4 is 61.7 Å². The van der Waals surface area contributed by atoms with Crippen LogP contribution < -0.4 is 30.1 Å². The van der Waals surface area contributed by atoms with Crippen molar-refractivity contribution < 1.29 is 57.8 Å². The second-order valence-corrected chi connectivity index (χ2v) is 29.8. The minimum Gasteiger partial charge on any atom is -0.510 e. The average Bonchev–Trinajstić information content (AvgIpc) is 1.14.